The Hall–Kier alpha value is -3.12. The van der Waals surface area contributed by atoms with Crippen LogP contribution >= 0.6 is 0 Å². The highest BCUT2D eigenvalue weighted by Crippen LogP contribution is 2.43. The Kier molecular flexibility index (Phi) is 7.20. The highest BCUT2D eigenvalue weighted by Gasteiger charge is 2.34. The first kappa shape index (κ1) is 25.1. The summed E-state index contributed by atoms with van der Waals surface area (Å²) in [5.41, 5.74) is 1.62. The molecule has 1 heterocycles. The summed E-state index contributed by atoms with van der Waals surface area (Å²) >= 11 is 0. The number of hydrogen-bond donors (Lipinski definition) is 1. The summed E-state index contributed by atoms with van der Waals surface area (Å²) in [6, 6.07) is 4.78. The van der Waals surface area contributed by atoms with Crippen LogP contribution in [-0.4, -0.2) is 47.9 Å². The van der Waals surface area contributed by atoms with Crippen molar-refractivity contribution < 1.29 is 23.1 Å². The fraction of sp³-hybridized carbons (Fsp3) is 0.435. The van der Waals surface area contributed by atoms with Gasteiger partial charge in [-0.25, -0.2) is 13.2 Å². The normalized spacial score (nSPS) is 12.7. The molecule has 0 saturated carbocycles. The molecule has 0 aliphatic heterocycles. The van der Waals surface area contributed by atoms with Crippen molar-refractivity contribution >= 4 is 15.9 Å². The van der Waals surface area contributed by atoms with Crippen LogP contribution in [0.25, 0.3) is 11.1 Å². The molecule has 1 amide bonds. The van der Waals surface area contributed by atoms with Gasteiger partial charge in [-0.15, -0.1) is 0 Å². The van der Waals surface area contributed by atoms with Crippen LogP contribution in [0.2, 0.25) is 0 Å². The van der Waals surface area contributed by atoms with Crippen LogP contribution in [0.5, 0.6) is 5.75 Å². The first-order valence-corrected chi connectivity index (χ1v) is 12.0. The molecular weight excluding hydrogens is 430 g/mol. The Labute approximate surface area is 189 Å². The van der Waals surface area contributed by atoms with Crippen LogP contribution in [0.15, 0.2) is 29.4 Å². The van der Waals surface area contributed by atoms with Crippen molar-refractivity contribution in [3.05, 3.63) is 41.2 Å². The lowest BCUT2D eigenvalue weighted by Gasteiger charge is -2.39. The lowest BCUT2D eigenvalue weighted by atomic mass is 9.89. The summed E-state index contributed by atoms with van der Waals surface area (Å²) in [5, 5.41) is 19.8. The molecule has 172 valence electrons. The second-order valence-corrected chi connectivity index (χ2v) is 10.6. The van der Waals surface area contributed by atoms with Crippen molar-refractivity contribution in [2.45, 2.75) is 58.0 Å². The zero-order valence-corrected chi connectivity index (χ0v) is 20.2. The van der Waals surface area contributed by atoms with Gasteiger partial charge in [0, 0.05) is 40.9 Å². The number of nitrogens with zero attached hydrogens (tertiary/aromatic N) is 3. The van der Waals surface area contributed by atoms with Gasteiger partial charge in [-0.2, -0.15) is 5.26 Å². The van der Waals surface area contributed by atoms with Crippen LogP contribution in [0.1, 0.15) is 57.4 Å². The van der Waals surface area contributed by atoms with Gasteiger partial charge in [-0.05, 0) is 59.2 Å². The molecule has 0 radical (unpaired) electrons. The van der Waals surface area contributed by atoms with Crippen molar-refractivity contribution in [3.63, 3.8) is 0 Å². The fourth-order valence-electron chi connectivity index (χ4n) is 3.79. The van der Waals surface area contributed by atoms with E-state index in [0.717, 1.165) is 6.26 Å². The average Bonchev–Trinajstić information content (AvgIpc) is 2.66. The molecule has 1 aromatic heterocycles. The van der Waals surface area contributed by atoms with Crippen molar-refractivity contribution in [2.24, 2.45) is 0 Å². The number of hydrogen-bond acceptors (Lipinski definition) is 6. The largest absolute Gasteiger partial charge is 0.493 e. The van der Waals surface area contributed by atoms with E-state index in [-0.39, 0.29) is 11.5 Å². The maximum atomic E-state index is 12.1. The molecule has 2 rings (SSSR count). The number of amides is 1. The molecule has 0 aliphatic carbocycles. The Morgan fingerprint density at radius 1 is 1.31 bits per heavy atom. The summed E-state index contributed by atoms with van der Waals surface area (Å²) in [6.07, 6.45) is 2.72. The third-order valence-corrected chi connectivity index (χ3v) is 6.18. The monoisotopic (exact) mass is 459 g/mol. The van der Waals surface area contributed by atoms with Crippen LogP contribution in [0.4, 0.5) is 4.79 Å². The van der Waals surface area contributed by atoms with Crippen LogP contribution in [0, 0.1) is 18.3 Å². The predicted octanol–water partition coefficient (Wildman–Crippen LogP) is 4.57. The van der Waals surface area contributed by atoms with E-state index in [1.807, 2.05) is 0 Å². The highest BCUT2D eigenvalue weighted by molar-refractivity contribution is 7.90. The molecule has 1 unspecified atom stereocenters. The molecule has 0 fully saturated rings. The summed E-state index contributed by atoms with van der Waals surface area (Å²) in [5.74, 6) is 0.338. The fourth-order valence-corrected chi connectivity index (χ4v) is 4.38. The van der Waals surface area contributed by atoms with Crippen molar-refractivity contribution in [1.82, 2.24) is 9.88 Å². The van der Waals surface area contributed by atoms with Crippen LogP contribution in [-0.2, 0) is 9.84 Å². The third kappa shape index (κ3) is 5.02. The van der Waals surface area contributed by atoms with Gasteiger partial charge < -0.3 is 9.84 Å². The minimum atomic E-state index is -3.53. The van der Waals surface area contributed by atoms with E-state index in [0.29, 0.717) is 33.6 Å². The molecule has 8 nitrogen and oxygen atoms in total. The zero-order chi connectivity index (χ0) is 24.4. The van der Waals surface area contributed by atoms with Crippen molar-refractivity contribution in [2.75, 3.05) is 12.9 Å². The minimum Gasteiger partial charge on any atom is -0.493 e. The topological polar surface area (TPSA) is 121 Å². The number of pyridine rings is 1. The van der Waals surface area contributed by atoms with Gasteiger partial charge in [0.2, 0.25) is 0 Å². The molecule has 0 aliphatic rings. The van der Waals surface area contributed by atoms with E-state index in [2.05, 4.69) is 11.1 Å². The van der Waals surface area contributed by atoms with Gasteiger partial charge in [-0.1, -0.05) is 0 Å². The standard InChI is InChI=1S/C23H29N3O5S/c1-8-31-21-18(15(3)26(22(27)28)23(4,5)6)9-14(2)19(11-24)20(21)16-10-17(13-25-12-16)32(7,29)30/h9-10,12-13,15H,8H2,1-7H3,(H,27,28). The molecule has 32 heavy (non-hydrogen) atoms. The second-order valence-electron chi connectivity index (χ2n) is 8.59. The summed E-state index contributed by atoms with van der Waals surface area (Å²) < 4.78 is 30.1. The van der Waals surface area contributed by atoms with Crippen molar-refractivity contribution in [3.8, 4) is 22.9 Å². The van der Waals surface area contributed by atoms with Crippen LogP contribution < -0.4 is 4.74 Å². The Morgan fingerprint density at radius 3 is 2.41 bits per heavy atom. The Bertz CT molecular complexity index is 1180. The number of rotatable bonds is 6. The number of carboxylic acid groups (broad SMARTS) is 1. The van der Waals surface area contributed by atoms with E-state index in [1.54, 1.807) is 47.6 Å². The number of carbonyl (C=O) groups is 1. The number of aromatic nitrogens is 1. The Balaban J connectivity index is 2.94. The van der Waals surface area contributed by atoms with Gasteiger partial charge in [0.15, 0.2) is 9.84 Å². The van der Waals surface area contributed by atoms with Gasteiger partial charge in [0.05, 0.1) is 23.1 Å². The highest BCUT2D eigenvalue weighted by atomic mass is 32.2. The number of nitriles is 1. The molecule has 1 atom stereocenters. The predicted molar refractivity (Wildman–Crippen MR) is 121 cm³/mol. The summed E-state index contributed by atoms with van der Waals surface area (Å²) in [4.78, 5) is 17.5. The van der Waals surface area contributed by atoms with E-state index in [9.17, 15) is 23.6 Å². The quantitative estimate of drug-likeness (QED) is 0.671. The lowest BCUT2D eigenvalue weighted by Crippen LogP contribution is -2.46. The summed E-state index contributed by atoms with van der Waals surface area (Å²) in [7, 11) is -3.53. The molecule has 0 spiro atoms. The van der Waals surface area contributed by atoms with E-state index in [4.69, 9.17) is 4.74 Å². The maximum Gasteiger partial charge on any atom is 0.408 e. The SMILES string of the molecule is CCOc1c(C(C)N(C(=O)O)C(C)(C)C)cc(C)c(C#N)c1-c1cncc(S(C)(=O)=O)c1. The van der Waals surface area contributed by atoms with Gasteiger partial charge in [0.25, 0.3) is 0 Å². The first-order chi connectivity index (χ1) is 14.7. The molecule has 0 bridgehead atoms. The maximum absolute atomic E-state index is 12.1. The third-order valence-electron chi connectivity index (χ3n) is 5.10. The number of benzene rings is 1. The van der Waals surface area contributed by atoms with E-state index >= 15 is 0 Å². The smallest absolute Gasteiger partial charge is 0.408 e. The van der Waals surface area contributed by atoms with Crippen LogP contribution in [0.3, 0.4) is 0 Å². The number of sulfone groups is 1. The number of aryl methyl sites for hydroxylation is 1. The van der Waals surface area contributed by atoms with Gasteiger partial charge in [0.1, 0.15) is 11.8 Å². The molecule has 2 aromatic rings. The minimum absolute atomic E-state index is 0.0132. The summed E-state index contributed by atoms with van der Waals surface area (Å²) in [6.45, 7) is 11.0. The Morgan fingerprint density at radius 2 is 1.94 bits per heavy atom. The van der Waals surface area contributed by atoms with Gasteiger partial charge >= 0.3 is 6.09 Å². The second kappa shape index (κ2) is 9.17. The van der Waals surface area contributed by atoms with Gasteiger partial charge in [-0.3, -0.25) is 9.88 Å². The van der Waals surface area contributed by atoms with E-state index in [1.165, 1.54) is 23.4 Å². The zero-order valence-electron chi connectivity index (χ0n) is 19.4. The molecule has 1 aromatic carbocycles. The number of ether oxygens (including phenoxy) is 1. The molecular formula is C23H29N3O5S. The van der Waals surface area contributed by atoms with Crippen molar-refractivity contribution in [1.29, 1.82) is 5.26 Å². The van der Waals surface area contributed by atoms with E-state index < -0.39 is 27.5 Å². The molecule has 1 N–H and O–H groups in total. The molecule has 9 heteroatoms. The average molecular weight is 460 g/mol. The molecule has 0 saturated heterocycles. The first-order valence-electron chi connectivity index (χ1n) is 10.1. The lowest BCUT2D eigenvalue weighted by molar-refractivity contribution is 0.0744.